The number of carbonyl (C=O) groups excluding carboxylic acids is 2. The number of nitrogens with zero attached hydrogens (tertiary/aromatic N) is 1. The maximum atomic E-state index is 12.3. The quantitative estimate of drug-likeness (QED) is 0.619. The van der Waals surface area contributed by atoms with Crippen LogP contribution in [0.4, 0.5) is 5.00 Å². The zero-order valence-corrected chi connectivity index (χ0v) is 16.7. The number of aromatic amines is 1. The number of amides is 1. The van der Waals surface area contributed by atoms with E-state index in [1.165, 1.54) is 18.4 Å². The van der Waals surface area contributed by atoms with Crippen molar-refractivity contribution in [2.75, 3.05) is 12.4 Å². The van der Waals surface area contributed by atoms with E-state index in [9.17, 15) is 14.4 Å². The van der Waals surface area contributed by atoms with Crippen molar-refractivity contribution in [2.24, 2.45) is 0 Å². The lowest BCUT2D eigenvalue weighted by Crippen LogP contribution is -2.15. The number of anilines is 1. The van der Waals surface area contributed by atoms with Crippen LogP contribution in [0.15, 0.2) is 29.1 Å². The third kappa shape index (κ3) is 4.12. The van der Waals surface area contributed by atoms with Crippen molar-refractivity contribution in [3.8, 4) is 0 Å². The molecule has 0 saturated heterocycles. The number of hydrogen-bond donors (Lipinski definition) is 2. The number of thiophene rings is 1. The number of H-pyrrole nitrogens is 1. The number of hydrogen-bond acceptors (Lipinski definition) is 6. The number of carbonyl (C=O) groups is 2. The molecular formula is C20H21N3O4S. The second kappa shape index (κ2) is 8.35. The Morgan fingerprint density at radius 1 is 1.25 bits per heavy atom. The molecule has 0 aliphatic rings. The predicted octanol–water partition coefficient (Wildman–Crippen LogP) is 3.35. The molecule has 0 aliphatic heterocycles. The van der Waals surface area contributed by atoms with Gasteiger partial charge in [-0.2, -0.15) is 0 Å². The van der Waals surface area contributed by atoms with Gasteiger partial charge in [0.2, 0.25) is 5.91 Å². The molecule has 1 aromatic carbocycles. The van der Waals surface area contributed by atoms with Crippen molar-refractivity contribution >= 4 is 39.1 Å². The number of para-hydroxylation sites is 1. The van der Waals surface area contributed by atoms with Crippen LogP contribution in [0, 0.1) is 13.8 Å². The van der Waals surface area contributed by atoms with Crippen molar-refractivity contribution in [2.45, 2.75) is 33.1 Å². The van der Waals surface area contributed by atoms with Crippen LogP contribution in [0.1, 0.15) is 39.5 Å². The minimum Gasteiger partial charge on any atom is -0.465 e. The Morgan fingerprint density at radius 2 is 2.00 bits per heavy atom. The van der Waals surface area contributed by atoms with Crippen LogP contribution < -0.4 is 10.9 Å². The van der Waals surface area contributed by atoms with E-state index in [1.807, 2.05) is 19.9 Å². The molecule has 28 heavy (non-hydrogen) atoms. The summed E-state index contributed by atoms with van der Waals surface area (Å²) in [6.45, 7) is 3.72. The fourth-order valence-corrected chi connectivity index (χ4v) is 3.99. The molecule has 7 nitrogen and oxygen atoms in total. The van der Waals surface area contributed by atoms with Crippen LogP contribution in [-0.4, -0.2) is 29.0 Å². The Balaban J connectivity index is 1.64. The first-order chi connectivity index (χ1) is 13.4. The van der Waals surface area contributed by atoms with E-state index in [4.69, 9.17) is 4.74 Å². The average Bonchev–Trinajstić information content (AvgIpc) is 2.94. The molecule has 2 aromatic heterocycles. The molecule has 0 atom stereocenters. The second-order valence-electron chi connectivity index (χ2n) is 6.41. The summed E-state index contributed by atoms with van der Waals surface area (Å²) in [5.41, 5.74) is 1.67. The van der Waals surface area contributed by atoms with Crippen LogP contribution in [-0.2, 0) is 16.0 Å². The summed E-state index contributed by atoms with van der Waals surface area (Å²) < 4.78 is 4.81. The minimum atomic E-state index is -0.463. The maximum absolute atomic E-state index is 12.3. The number of benzene rings is 1. The molecule has 0 aliphatic carbocycles. The summed E-state index contributed by atoms with van der Waals surface area (Å²) >= 11 is 1.35. The lowest BCUT2D eigenvalue weighted by Gasteiger charge is -2.06. The number of methoxy groups -OCH3 is 1. The van der Waals surface area contributed by atoms with E-state index in [0.29, 0.717) is 40.1 Å². The third-order valence-corrected chi connectivity index (χ3v) is 5.63. The van der Waals surface area contributed by atoms with E-state index in [0.717, 1.165) is 10.4 Å². The van der Waals surface area contributed by atoms with Gasteiger partial charge in [-0.1, -0.05) is 12.1 Å². The molecule has 0 radical (unpaired) electrons. The van der Waals surface area contributed by atoms with Crippen LogP contribution in [0.25, 0.3) is 10.9 Å². The fourth-order valence-electron chi connectivity index (χ4n) is 2.92. The number of fused-ring (bicyclic) bond motifs is 1. The van der Waals surface area contributed by atoms with Gasteiger partial charge < -0.3 is 15.0 Å². The van der Waals surface area contributed by atoms with Crippen molar-refractivity contribution in [1.29, 1.82) is 0 Å². The minimum absolute atomic E-state index is 0.183. The van der Waals surface area contributed by atoms with Crippen LogP contribution in [0.5, 0.6) is 0 Å². The third-order valence-electron chi connectivity index (χ3n) is 4.51. The normalized spacial score (nSPS) is 10.8. The van der Waals surface area contributed by atoms with Crippen molar-refractivity contribution in [3.05, 3.63) is 56.4 Å². The number of aryl methyl sites for hydroxylation is 2. The summed E-state index contributed by atoms with van der Waals surface area (Å²) in [4.78, 5) is 44.5. The van der Waals surface area contributed by atoms with Crippen molar-refractivity contribution < 1.29 is 14.3 Å². The molecule has 3 rings (SSSR count). The van der Waals surface area contributed by atoms with E-state index >= 15 is 0 Å². The Kier molecular flexibility index (Phi) is 5.89. The standard InChI is InChI=1S/C20H21N3O4S/c1-11-12(2)28-19(17(11)20(26)27-3)23-16(24)10-6-9-15-21-14-8-5-4-7-13(14)18(25)22-15/h4-5,7-8H,6,9-10H2,1-3H3,(H,23,24)(H,21,22,25). The van der Waals surface area contributed by atoms with Crippen LogP contribution in [0.2, 0.25) is 0 Å². The van der Waals surface area contributed by atoms with E-state index in [-0.39, 0.29) is 17.9 Å². The largest absolute Gasteiger partial charge is 0.465 e. The van der Waals surface area contributed by atoms with Gasteiger partial charge in [0.25, 0.3) is 5.56 Å². The highest BCUT2D eigenvalue weighted by molar-refractivity contribution is 7.16. The Morgan fingerprint density at radius 3 is 2.75 bits per heavy atom. The number of nitrogens with one attached hydrogen (secondary N) is 2. The lowest BCUT2D eigenvalue weighted by molar-refractivity contribution is -0.116. The molecule has 146 valence electrons. The van der Waals surface area contributed by atoms with Gasteiger partial charge in [0.1, 0.15) is 10.8 Å². The highest BCUT2D eigenvalue weighted by Crippen LogP contribution is 2.33. The van der Waals surface area contributed by atoms with Gasteiger partial charge >= 0.3 is 5.97 Å². The SMILES string of the molecule is COC(=O)c1c(NC(=O)CCCc2nc3ccccc3c(=O)[nH]2)sc(C)c1C. The number of aromatic nitrogens is 2. The monoisotopic (exact) mass is 399 g/mol. The first kappa shape index (κ1) is 19.8. The molecule has 8 heteroatoms. The lowest BCUT2D eigenvalue weighted by atomic mass is 10.1. The summed E-state index contributed by atoms with van der Waals surface area (Å²) in [7, 11) is 1.32. The zero-order chi connectivity index (χ0) is 20.3. The highest BCUT2D eigenvalue weighted by atomic mass is 32.1. The molecule has 0 fully saturated rings. The molecular weight excluding hydrogens is 378 g/mol. The van der Waals surface area contributed by atoms with Crippen molar-refractivity contribution in [1.82, 2.24) is 9.97 Å². The summed E-state index contributed by atoms with van der Waals surface area (Å²) in [5.74, 6) is -0.112. The molecule has 0 bridgehead atoms. The predicted molar refractivity (Wildman–Crippen MR) is 109 cm³/mol. The molecule has 0 unspecified atom stereocenters. The maximum Gasteiger partial charge on any atom is 0.341 e. The van der Waals surface area contributed by atoms with Gasteiger partial charge in [-0.15, -0.1) is 11.3 Å². The Bertz CT molecular complexity index is 1100. The topological polar surface area (TPSA) is 101 Å². The Hall–Kier alpha value is -3.00. The summed E-state index contributed by atoms with van der Waals surface area (Å²) in [6, 6.07) is 7.13. The van der Waals surface area contributed by atoms with Gasteiger partial charge in [0.05, 0.1) is 23.6 Å². The second-order valence-corrected chi connectivity index (χ2v) is 7.64. The molecule has 1 amide bonds. The number of esters is 1. The van der Waals surface area contributed by atoms with E-state index in [2.05, 4.69) is 15.3 Å². The fraction of sp³-hybridized carbons (Fsp3) is 0.300. The van der Waals surface area contributed by atoms with Gasteiger partial charge in [0, 0.05) is 17.7 Å². The molecule has 0 spiro atoms. The van der Waals surface area contributed by atoms with Crippen LogP contribution in [0.3, 0.4) is 0 Å². The van der Waals surface area contributed by atoms with Crippen LogP contribution >= 0.6 is 11.3 Å². The Labute approximate surface area is 165 Å². The molecule has 2 heterocycles. The van der Waals surface area contributed by atoms with Gasteiger partial charge in [-0.3, -0.25) is 9.59 Å². The molecule has 2 N–H and O–H groups in total. The number of ether oxygens (including phenoxy) is 1. The summed E-state index contributed by atoms with van der Waals surface area (Å²) in [5, 5.41) is 3.85. The van der Waals surface area contributed by atoms with E-state index in [1.54, 1.807) is 18.2 Å². The number of rotatable bonds is 6. The smallest absolute Gasteiger partial charge is 0.341 e. The van der Waals surface area contributed by atoms with Crippen molar-refractivity contribution in [3.63, 3.8) is 0 Å². The summed E-state index contributed by atoms with van der Waals surface area (Å²) in [6.07, 6.45) is 1.23. The average molecular weight is 399 g/mol. The molecule has 3 aromatic rings. The highest BCUT2D eigenvalue weighted by Gasteiger charge is 2.21. The van der Waals surface area contributed by atoms with Gasteiger partial charge in [0.15, 0.2) is 0 Å². The zero-order valence-electron chi connectivity index (χ0n) is 15.9. The first-order valence-electron chi connectivity index (χ1n) is 8.86. The van der Waals surface area contributed by atoms with E-state index < -0.39 is 5.97 Å². The van der Waals surface area contributed by atoms with Gasteiger partial charge in [-0.25, -0.2) is 9.78 Å². The first-order valence-corrected chi connectivity index (χ1v) is 9.68. The van der Waals surface area contributed by atoms with Gasteiger partial charge in [-0.05, 0) is 38.0 Å². The molecule has 0 saturated carbocycles.